The largest absolute Gasteiger partial charge is 0.417 e. The minimum atomic E-state index is -4.65. The molecule has 8 heteroatoms. The summed E-state index contributed by atoms with van der Waals surface area (Å²) in [6.07, 6.45) is -3.59. The summed E-state index contributed by atoms with van der Waals surface area (Å²) < 4.78 is 40.3. The molecule has 118 valence electrons. The lowest BCUT2D eigenvalue weighted by Crippen LogP contribution is -2.42. The standard InChI is InChI=1S/C14H14F3N3O2/c15-14(16,17)9-2-1-3-10-11(9)12(21)20(13(22)19-10)8-4-6-18-7-5-8/h1-3,8,18H,4-7H2,(H,19,22). The third-order valence-electron chi connectivity index (χ3n) is 3.94. The van der Waals surface area contributed by atoms with E-state index in [9.17, 15) is 22.8 Å². The van der Waals surface area contributed by atoms with Gasteiger partial charge in [0.2, 0.25) is 0 Å². The first-order chi connectivity index (χ1) is 10.4. The van der Waals surface area contributed by atoms with Crippen molar-refractivity contribution in [1.82, 2.24) is 14.9 Å². The number of aromatic nitrogens is 2. The van der Waals surface area contributed by atoms with Crippen LogP contribution in [0.25, 0.3) is 10.9 Å². The van der Waals surface area contributed by atoms with Crippen LogP contribution in [0.15, 0.2) is 27.8 Å². The van der Waals surface area contributed by atoms with Crippen molar-refractivity contribution in [3.63, 3.8) is 0 Å². The van der Waals surface area contributed by atoms with Crippen molar-refractivity contribution >= 4 is 10.9 Å². The first-order valence-corrected chi connectivity index (χ1v) is 6.95. The lowest BCUT2D eigenvalue weighted by molar-refractivity contribution is -0.136. The van der Waals surface area contributed by atoms with E-state index >= 15 is 0 Å². The highest BCUT2D eigenvalue weighted by molar-refractivity contribution is 5.81. The molecule has 1 aliphatic heterocycles. The fourth-order valence-corrected chi connectivity index (χ4v) is 2.91. The zero-order chi connectivity index (χ0) is 15.9. The number of fused-ring (bicyclic) bond motifs is 1. The van der Waals surface area contributed by atoms with Crippen molar-refractivity contribution in [1.29, 1.82) is 0 Å². The van der Waals surface area contributed by atoms with E-state index in [1.807, 2.05) is 0 Å². The molecule has 1 aromatic carbocycles. The molecule has 2 heterocycles. The highest BCUT2D eigenvalue weighted by Gasteiger charge is 2.34. The molecule has 1 aromatic heterocycles. The predicted octanol–water partition coefficient (Wildman–Crippen LogP) is 1.63. The van der Waals surface area contributed by atoms with Crippen molar-refractivity contribution < 1.29 is 13.2 Å². The van der Waals surface area contributed by atoms with Crippen LogP contribution in [0.5, 0.6) is 0 Å². The Bertz CT molecular complexity index is 817. The fraction of sp³-hybridized carbons (Fsp3) is 0.429. The van der Waals surface area contributed by atoms with E-state index in [0.717, 1.165) is 10.6 Å². The molecule has 0 amide bonds. The second kappa shape index (κ2) is 5.28. The van der Waals surface area contributed by atoms with Crippen LogP contribution < -0.4 is 16.6 Å². The van der Waals surface area contributed by atoms with Gasteiger partial charge in [-0.2, -0.15) is 13.2 Å². The Morgan fingerprint density at radius 1 is 1.14 bits per heavy atom. The van der Waals surface area contributed by atoms with E-state index in [1.54, 1.807) is 0 Å². The molecule has 1 saturated heterocycles. The normalized spacial score (nSPS) is 17.0. The minimum Gasteiger partial charge on any atom is -0.317 e. The highest BCUT2D eigenvalue weighted by atomic mass is 19.4. The maximum Gasteiger partial charge on any atom is 0.417 e. The average molecular weight is 313 g/mol. The quantitative estimate of drug-likeness (QED) is 0.841. The van der Waals surface area contributed by atoms with E-state index in [2.05, 4.69) is 10.3 Å². The van der Waals surface area contributed by atoms with Gasteiger partial charge in [-0.25, -0.2) is 4.79 Å². The molecule has 22 heavy (non-hydrogen) atoms. The van der Waals surface area contributed by atoms with E-state index in [4.69, 9.17) is 0 Å². The summed E-state index contributed by atoms with van der Waals surface area (Å²) in [5, 5.41) is 2.61. The summed E-state index contributed by atoms with van der Waals surface area (Å²) in [6, 6.07) is 2.95. The molecule has 0 unspecified atom stereocenters. The third-order valence-corrected chi connectivity index (χ3v) is 3.94. The summed E-state index contributed by atoms with van der Waals surface area (Å²) in [7, 11) is 0. The summed E-state index contributed by atoms with van der Waals surface area (Å²) in [5.41, 5.74) is -2.65. The van der Waals surface area contributed by atoms with Gasteiger partial charge >= 0.3 is 11.9 Å². The van der Waals surface area contributed by atoms with E-state index in [1.165, 1.54) is 12.1 Å². The van der Waals surface area contributed by atoms with E-state index in [-0.39, 0.29) is 11.6 Å². The Morgan fingerprint density at radius 2 is 1.82 bits per heavy atom. The van der Waals surface area contributed by atoms with Gasteiger partial charge < -0.3 is 10.3 Å². The molecular formula is C14H14F3N3O2. The number of hydrogen-bond donors (Lipinski definition) is 2. The van der Waals surface area contributed by atoms with E-state index in [0.29, 0.717) is 25.9 Å². The number of halogens is 3. The summed E-state index contributed by atoms with van der Waals surface area (Å²) in [4.78, 5) is 27.1. The number of hydrogen-bond acceptors (Lipinski definition) is 3. The predicted molar refractivity (Wildman–Crippen MR) is 75.0 cm³/mol. The molecule has 0 radical (unpaired) electrons. The average Bonchev–Trinajstić information content (AvgIpc) is 2.46. The van der Waals surface area contributed by atoms with Crippen LogP contribution in [0.2, 0.25) is 0 Å². The first kappa shape index (κ1) is 14.8. The molecular weight excluding hydrogens is 299 g/mol. The Balaban J connectivity index is 2.31. The van der Waals surface area contributed by atoms with Gasteiger partial charge in [-0.1, -0.05) is 6.07 Å². The topological polar surface area (TPSA) is 66.9 Å². The Morgan fingerprint density at radius 3 is 2.45 bits per heavy atom. The van der Waals surface area contributed by atoms with Gasteiger partial charge in [0.15, 0.2) is 0 Å². The van der Waals surface area contributed by atoms with Gasteiger partial charge in [0.05, 0.1) is 16.5 Å². The van der Waals surface area contributed by atoms with Crippen LogP contribution in [0.1, 0.15) is 24.4 Å². The fourth-order valence-electron chi connectivity index (χ4n) is 2.91. The van der Waals surface area contributed by atoms with Crippen LogP contribution >= 0.6 is 0 Å². The number of piperidine rings is 1. The molecule has 2 aromatic rings. The second-order valence-corrected chi connectivity index (χ2v) is 5.31. The summed E-state index contributed by atoms with van der Waals surface area (Å²) >= 11 is 0. The molecule has 3 rings (SSSR count). The molecule has 0 atom stereocenters. The Labute approximate surface area is 122 Å². The molecule has 0 saturated carbocycles. The van der Waals surface area contributed by atoms with Gasteiger partial charge in [-0.3, -0.25) is 9.36 Å². The molecule has 1 fully saturated rings. The highest BCUT2D eigenvalue weighted by Crippen LogP contribution is 2.32. The third kappa shape index (κ3) is 2.43. The van der Waals surface area contributed by atoms with Crippen LogP contribution in [0.3, 0.4) is 0 Å². The zero-order valence-electron chi connectivity index (χ0n) is 11.5. The number of aromatic amines is 1. The smallest absolute Gasteiger partial charge is 0.317 e. The Hall–Kier alpha value is -2.09. The number of benzene rings is 1. The van der Waals surface area contributed by atoms with Gasteiger partial charge in [-0.05, 0) is 38.1 Å². The van der Waals surface area contributed by atoms with Crippen LogP contribution in [0, 0.1) is 0 Å². The van der Waals surface area contributed by atoms with Crippen molar-refractivity contribution in [2.45, 2.75) is 25.1 Å². The van der Waals surface area contributed by atoms with Crippen LogP contribution in [-0.4, -0.2) is 22.6 Å². The zero-order valence-corrected chi connectivity index (χ0v) is 11.5. The second-order valence-electron chi connectivity index (χ2n) is 5.31. The van der Waals surface area contributed by atoms with Gasteiger partial charge in [0, 0.05) is 6.04 Å². The van der Waals surface area contributed by atoms with E-state index < -0.39 is 28.4 Å². The van der Waals surface area contributed by atoms with Crippen molar-refractivity contribution in [3.05, 3.63) is 44.6 Å². The summed E-state index contributed by atoms with van der Waals surface area (Å²) in [5.74, 6) is 0. The SMILES string of the molecule is O=c1[nH]c2cccc(C(F)(F)F)c2c(=O)n1C1CCNCC1. The molecule has 0 spiro atoms. The minimum absolute atomic E-state index is 0.0880. The lowest BCUT2D eigenvalue weighted by Gasteiger charge is -2.24. The van der Waals surface area contributed by atoms with Crippen LogP contribution in [-0.2, 0) is 6.18 Å². The molecule has 1 aliphatic rings. The maximum atomic E-state index is 13.1. The molecule has 5 nitrogen and oxygen atoms in total. The number of alkyl halides is 3. The molecule has 0 bridgehead atoms. The Kier molecular flexibility index (Phi) is 3.56. The number of nitrogens with zero attached hydrogens (tertiary/aromatic N) is 1. The first-order valence-electron chi connectivity index (χ1n) is 6.95. The lowest BCUT2D eigenvalue weighted by atomic mass is 10.1. The van der Waals surface area contributed by atoms with Crippen molar-refractivity contribution in [2.24, 2.45) is 0 Å². The molecule has 0 aliphatic carbocycles. The summed E-state index contributed by atoms with van der Waals surface area (Å²) in [6.45, 7) is 1.24. The number of rotatable bonds is 1. The number of H-pyrrole nitrogens is 1. The maximum absolute atomic E-state index is 13.1. The van der Waals surface area contributed by atoms with Gasteiger partial charge in [0.1, 0.15) is 0 Å². The van der Waals surface area contributed by atoms with Crippen molar-refractivity contribution in [2.75, 3.05) is 13.1 Å². The van der Waals surface area contributed by atoms with Gasteiger partial charge in [0.25, 0.3) is 5.56 Å². The number of nitrogens with one attached hydrogen (secondary N) is 2. The van der Waals surface area contributed by atoms with Crippen molar-refractivity contribution in [3.8, 4) is 0 Å². The van der Waals surface area contributed by atoms with Crippen LogP contribution in [0.4, 0.5) is 13.2 Å². The molecule has 2 N–H and O–H groups in total. The monoisotopic (exact) mass is 313 g/mol. The van der Waals surface area contributed by atoms with Gasteiger partial charge in [-0.15, -0.1) is 0 Å².